The number of pyridine rings is 1. The fourth-order valence-corrected chi connectivity index (χ4v) is 9.32. The maximum Gasteiger partial charge on any atom is 0.162 e. The Bertz CT molecular complexity index is 2030. The molecule has 0 spiro atoms. The Morgan fingerprint density at radius 3 is 2.13 bits per heavy atom. The van der Waals surface area contributed by atoms with Crippen molar-refractivity contribution in [2.45, 2.75) is 132 Å². The molecule has 54 heavy (non-hydrogen) atoms. The SMILES string of the molecule is CCC(CC)C(=O)/C=C(\O)C(CC)CC.Cc1c(-c2ccc(C3CCC(C)(C)CC3)cc2)sc2c(-c3[c-]c4ccccc4c(C(C)(C)C)c3)nccc12.[Ir]. The smallest absolute Gasteiger partial charge is 0.162 e. The van der Waals surface area contributed by atoms with E-state index in [0.717, 1.165) is 42.3 Å². The van der Waals surface area contributed by atoms with Gasteiger partial charge in [0.15, 0.2) is 5.78 Å². The number of allylic oxidation sites excluding steroid dienone is 2. The van der Waals surface area contributed by atoms with E-state index in [0.29, 0.717) is 11.3 Å². The minimum Gasteiger partial charge on any atom is -0.512 e. The first-order valence-electron chi connectivity index (χ1n) is 20.1. The molecule has 0 unspecified atom stereocenters. The molecule has 0 atom stereocenters. The van der Waals surface area contributed by atoms with Crippen molar-refractivity contribution in [3.8, 4) is 21.7 Å². The second kappa shape index (κ2) is 18.7. The van der Waals surface area contributed by atoms with Gasteiger partial charge in [-0.15, -0.1) is 40.5 Å². The number of aliphatic hydroxyl groups excluding tert-OH is 1. The quantitative estimate of drug-likeness (QED) is 0.0863. The normalized spacial score (nSPS) is 15.0. The second-order valence-electron chi connectivity index (χ2n) is 17.0. The number of aromatic nitrogens is 1. The summed E-state index contributed by atoms with van der Waals surface area (Å²) in [6, 6.07) is 26.3. The zero-order chi connectivity index (χ0) is 38.5. The molecule has 5 aromatic rings. The van der Waals surface area contributed by atoms with Gasteiger partial charge >= 0.3 is 0 Å². The summed E-state index contributed by atoms with van der Waals surface area (Å²) in [5, 5.41) is 13.5. The first-order valence-corrected chi connectivity index (χ1v) is 20.9. The molecule has 0 aliphatic heterocycles. The summed E-state index contributed by atoms with van der Waals surface area (Å²) in [7, 11) is 0. The van der Waals surface area contributed by atoms with E-state index in [2.05, 4.69) is 108 Å². The second-order valence-corrected chi connectivity index (χ2v) is 18.1. The van der Waals surface area contributed by atoms with Crippen molar-refractivity contribution in [1.29, 1.82) is 0 Å². The number of fused-ring (bicyclic) bond motifs is 2. The van der Waals surface area contributed by atoms with E-state index in [1.165, 1.54) is 74.4 Å². The molecule has 1 aliphatic carbocycles. The van der Waals surface area contributed by atoms with E-state index >= 15 is 0 Å². The number of hydrogen-bond acceptors (Lipinski definition) is 4. The number of hydrogen-bond donors (Lipinski definition) is 1. The predicted octanol–water partition coefficient (Wildman–Crippen LogP) is 14.7. The maximum absolute atomic E-state index is 11.7. The minimum absolute atomic E-state index is 0. The number of nitrogens with zero attached hydrogens (tertiary/aromatic N) is 1. The summed E-state index contributed by atoms with van der Waals surface area (Å²) in [5.41, 5.74) is 8.17. The largest absolute Gasteiger partial charge is 0.512 e. The topological polar surface area (TPSA) is 50.2 Å². The Hall–Kier alpha value is -3.11. The van der Waals surface area contributed by atoms with E-state index in [1.54, 1.807) is 0 Å². The molecule has 3 aromatic carbocycles. The number of carbonyl (C=O) groups is 1. The van der Waals surface area contributed by atoms with Crippen molar-refractivity contribution >= 4 is 38.0 Å². The van der Waals surface area contributed by atoms with Crippen LogP contribution in [0.4, 0.5) is 0 Å². The number of benzene rings is 3. The van der Waals surface area contributed by atoms with Crippen molar-refractivity contribution < 1.29 is 30.0 Å². The van der Waals surface area contributed by atoms with Crippen molar-refractivity contribution in [2.75, 3.05) is 0 Å². The Balaban J connectivity index is 0.000000347. The van der Waals surface area contributed by atoms with Crippen molar-refractivity contribution in [1.82, 2.24) is 4.98 Å². The predicted molar refractivity (Wildman–Crippen MR) is 229 cm³/mol. The van der Waals surface area contributed by atoms with Gasteiger partial charge in [-0.2, -0.15) is 0 Å². The summed E-state index contributed by atoms with van der Waals surface area (Å²) in [5.74, 6) is 1.25. The first-order chi connectivity index (χ1) is 25.2. The monoisotopic (exact) mass is 921 g/mol. The average Bonchev–Trinajstić information content (AvgIpc) is 3.48. The van der Waals surface area contributed by atoms with E-state index in [1.807, 2.05) is 45.2 Å². The molecular formula is C49H62IrNO2S-. The molecule has 1 N–H and O–H groups in total. The zero-order valence-corrected chi connectivity index (χ0v) is 37.6. The first kappa shape index (κ1) is 43.6. The molecule has 1 fully saturated rings. The van der Waals surface area contributed by atoms with Crippen LogP contribution in [0.25, 0.3) is 42.6 Å². The van der Waals surface area contributed by atoms with Gasteiger partial charge < -0.3 is 5.11 Å². The molecule has 5 heteroatoms. The molecule has 2 aromatic heterocycles. The van der Waals surface area contributed by atoms with Gasteiger partial charge in [0.2, 0.25) is 0 Å². The van der Waals surface area contributed by atoms with Crippen molar-refractivity contribution in [2.24, 2.45) is 17.3 Å². The third-order valence-corrected chi connectivity index (χ3v) is 13.1. The molecule has 3 nitrogen and oxygen atoms in total. The summed E-state index contributed by atoms with van der Waals surface area (Å²) >= 11 is 1.88. The van der Waals surface area contributed by atoms with Gasteiger partial charge in [-0.1, -0.05) is 116 Å². The molecule has 1 saturated carbocycles. The van der Waals surface area contributed by atoms with Gasteiger partial charge in [0.1, 0.15) is 0 Å². The standard InChI is InChI=1S/C36H38NS.C13H24O2.Ir/c1-23-29-17-20-37-32(28-21-27-9-7-8-10-30(27)31(22-28)35(2,3)4)34(29)38-33(23)26-13-11-24(12-14-26)25-15-18-36(5,6)19-16-25;1-5-10(6-2)12(14)9-13(15)11(7-3)8-4;/h7-14,17,20,22,25H,15-16,18-19H2,1-6H3;9-11,14H,5-8H2,1-4H3;/q-1;;/b;12-9-;. The van der Waals surface area contributed by atoms with Crippen LogP contribution in [0, 0.1) is 30.2 Å². The summed E-state index contributed by atoms with van der Waals surface area (Å²) in [6.07, 6.45) is 12.1. The third kappa shape index (κ3) is 10.00. The number of ketones is 1. The van der Waals surface area contributed by atoms with Gasteiger partial charge in [0.05, 0.1) is 5.76 Å². The number of rotatable bonds is 10. The van der Waals surface area contributed by atoms with Crippen LogP contribution in [-0.4, -0.2) is 15.9 Å². The Labute approximate surface area is 343 Å². The number of aryl methyl sites for hydroxylation is 1. The van der Waals surface area contributed by atoms with Crippen LogP contribution in [0.3, 0.4) is 0 Å². The van der Waals surface area contributed by atoms with E-state index in [4.69, 9.17) is 4.98 Å². The molecule has 1 aliphatic rings. The molecule has 2 heterocycles. The van der Waals surface area contributed by atoms with E-state index in [9.17, 15) is 9.90 Å². The van der Waals surface area contributed by atoms with Gasteiger partial charge in [0.25, 0.3) is 0 Å². The third-order valence-electron chi connectivity index (χ3n) is 11.8. The van der Waals surface area contributed by atoms with Crippen LogP contribution >= 0.6 is 11.3 Å². The summed E-state index contributed by atoms with van der Waals surface area (Å²) < 4.78 is 1.25. The Morgan fingerprint density at radius 2 is 1.54 bits per heavy atom. The van der Waals surface area contributed by atoms with Crippen LogP contribution < -0.4 is 0 Å². The fraction of sp³-hybridized carbons (Fsp3) is 0.469. The summed E-state index contributed by atoms with van der Waals surface area (Å²) in [4.78, 5) is 18.0. The maximum atomic E-state index is 11.7. The van der Waals surface area contributed by atoms with Crippen LogP contribution in [-0.2, 0) is 30.3 Å². The van der Waals surface area contributed by atoms with Gasteiger partial charge in [-0.25, -0.2) is 0 Å². The average molecular weight is 921 g/mol. The van der Waals surface area contributed by atoms with Crippen LogP contribution in [0.15, 0.2) is 78.7 Å². The fourth-order valence-electron chi connectivity index (χ4n) is 8.01. The molecule has 6 rings (SSSR count). The molecule has 1 radical (unpaired) electrons. The summed E-state index contributed by atoms with van der Waals surface area (Å²) in [6.45, 7) is 22.0. The van der Waals surface area contributed by atoms with Crippen LogP contribution in [0.1, 0.15) is 136 Å². The molecular weight excluding hydrogens is 859 g/mol. The molecule has 0 amide bonds. The van der Waals surface area contributed by atoms with Gasteiger partial charge in [-0.05, 0) is 103 Å². The van der Waals surface area contributed by atoms with Crippen LogP contribution in [0.5, 0.6) is 0 Å². The van der Waals surface area contributed by atoms with Crippen LogP contribution in [0.2, 0.25) is 0 Å². The molecule has 0 saturated heterocycles. The molecule has 0 bridgehead atoms. The Morgan fingerprint density at radius 1 is 0.926 bits per heavy atom. The van der Waals surface area contributed by atoms with Gasteiger partial charge in [0, 0.05) is 59.5 Å². The zero-order valence-electron chi connectivity index (χ0n) is 34.4. The van der Waals surface area contributed by atoms with Crippen molar-refractivity contribution in [3.05, 3.63) is 101 Å². The number of carbonyl (C=O) groups excluding carboxylic acids is 1. The Kier molecular flexibility index (Phi) is 15.1. The minimum atomic E-state index is 0. The number of thiophene rings is 1. The van der Waals surface area contributed by atoms with Crippen molar-refractivity contribution in [3.63, 3.8) is 0 Å². The van der Waals surface area contributed by atoms with E-state index in [-0.39, 0.29) is 48.9 Å². The molecule has 291 valence electrons. The van der Waals surface area contributed by atoms with Gasteiger partial charge in [-0.3, -0.25) is 9.78 Å². The van der Waals surface area contributed by atoms with E-state index < -0.39 is 0 Å². The number of aliphatic hydroxyl groups is 1.